The average molecular weight is 333 g/mol. The number of hydrogen-bond acceptors (Lipinski definition) is 8. The fourth-order valence-electron chi connectivity index (χ4n) is 2.53. The average Bonchev–Trinajstić information content (AvgIpc) is 2.38. The largest absolute Gasteiger partial charge is 0.544 e. The van der Waals surface area contributed by atoms with E-state index in [9.17, 15) is 34.8 Å². The standard InChI is InChI=1S/C13H22N2O8/c1-5(16)9(14-6(2)17)11-10(15-7(3)18)8(19)4-13(22,23-11)12(20)21/h5,8-11,16,19,22H,4H2,1-3H3,(H,14,17)(H,15,18)(H,20,21)/p-1/t5-,8-,9-,10-,11-,13-/m0/s1. The van der Waals surface area contributed by atoms with Gasteiger partial charge in [0.15, 0.2) is 0 Å². The first-order valence-electron chi connectivity index (χ1n) is 7.00. The molecular weight excluding hydrogens is 312 g/mol. The first-order valence-corrected chi connectivity index (χ1v) is 7.00. The minimum Gasteiger partial charge on any atom is -0.544 e. The van der Waals surface area contributed by atoms with Gasteiger partial charge < -0.3 is 40.6 Å². The molecule has 0 aliphatic carbocycles. The lowest BCUT2D eigenvalue weighted by Gasteiger charge is -2.47. The summed E-state index contributed by atoms with van der Waals surface area (Å²) in [6, 6.07) is -2.34. The second-order valence-electron chi connectivity index (χ2n) is 5.62. The van der Waals surface area contributed by atoms with Crippen molar-refractivity contribution in [3.05, 3.63) is 0 Å². The highest BCUT2D eigenvalue weighted by Crippen LogP contribution is 2.30. The Balaban J connectivity index is 3.21. The van der Waals surface area contributed by atoms with Crippen LogP contribution in [0.3, 0.4) is 0 Å². The van der Waals surface area contributed by atoms with Gasteiger partial charge in [-0.15, -0.1) is 0 Å². The number of rotatable bonds is 5. The molecule has 132 valence electrons. The van der Waals surface area contributed by atoms with E-state index >= 15 is 0 Å². The summed E-state index contributed by atoms with van der Waals surface area (Å²) in [6.45, 7) is 3.62. The number of carboxylic acids is 1. The third-order valence-corrected chi connectivity index (χ3v) is 3.52. The van der Waals surface area contributed by atoms with Crippen LogP contribution in [0.15, 0.2) is 0 Å². The summed E-state index contributed by atoms with van der Waals surface area (Å²) in [4.78, 5) is 33.7. The summed E-state index contributed by atoms with van der Waals surface area (Å²) in [5.41, 5.74) is 0. The molecule has 0 aromatic rings. The predicted octanol–water partition coefficient (Wildman–Crippen LogP) is -4.04. The lowest BCUT2D eigenvalue weighted by atomic mass is 9.87. The minimum atomic E-state index is -2.81. The van der Waals surface area contributed by atoms with Gasteiger partial charge in [-0.25, -0.2) is 0 Å². The van der Waals surface area contributed by atoms with Gasteiger partial charge in [0.05, 0.1) is 24.3 Å². The van der Waals surface area contributed by atoms with E-state index in [2.05, 4.69) is 10.6 Å². The van der Waals surface area contributed by atoms with Gasteiger partial charge in [0.1, 0.15) is 12.1 Å². The van der Waals surface area contributed by atoms with E-state index in [4.69, 9.17) is 4.74 Å². The van der Waals surface area contributed by atoms with Crippen LogP contribution in [0, 0.1) is 0 Å². The summed E-state index contributed by atoms with van der Waals surface area (Å²) in [7, 11) is 0. The minimum absolute atomic E-state index is 0.547. The predicted molar refractivity (Wildman–Crippen MR) is 72.3 cm³/mol. The number of carbonyl (C=O) groups is 3. The van der Waals surface area contributed by atoms with E-state index in [1.807, 2.05) is 0 Å². The van der Waals surface area contributed by atoms with E-state index in [-0.39, 0.29) is 0 Å². The van der Waals surface area contributed by atoms with E-state index in [0.717, 1.165) is 6.92 Å². The van der Waals surface area contributed by atoms with E-state index in [1.54, 1.807) is 0 Å². The van der Waals surface area contributed by atoms with Crippen molar-refractivity contribution in [1.82, 2.24) is 10.6 Å². The molecule has 6 atom stereocenters. The van der Waals surface area contributed by atoms with Crippen molar-refractivity contribution < 1.29 is 39.5 Å². The van der Waals surface area contributed by atoms with Crippen molar-refractivity contribution >= 4 is 17.8 Å². The van der Waals surface area contributed by atoms with E-state index < -0.39 is 60.4 Å². The fraction of sp³-hybridized carbons (Fsp3) is 0.769. The smallest absolute Gasteiger partial charge is 0.217 e. The molecule has 10 nitrogen and oxygen atoms in total. The number of carboxylic acid groups (broad SMARTS) is 1. The van der Waals surface area contributed by atoms with Gasteiger partial charge in [0.2, 0.25) is 17.6 Å². The van der Waals surface area contributed by atoms with Gasteiger partial charge in [0, 0.05) is 20.3 Å². The molecule has 0 saturated carbocycles. The molecule has 23 heavy (non-hydrogen) atoms. The number of amides is 2. The highest BCUT2D eigenvalue weighted by Gasteiger charge is 2.50. The van der Waals surface area contributed by atoms with Crippen molar-refractivity contribution in [2.75, 3.05) is 0 Å². The third-order valence-electron chi connectivity index (χ3n) is 3.52. The highest BCUT2D eigenvalue weighted by molar-refractivity contribution is 5.75. The molecule has 1 fully saturated rings. The molecule has 5 N–H and O–H groups in total. The molecule has 1 aliphatic heterocycles. The first kappa shape index (κ1) is 19.3. The topological polar surface area (TPSA) is 168 Å². The summed E-state index contributed by atoms with van der Waals surface area (Å²) in [5.74, 6) is -5.90. The van der Waals surface area contributed by atoms with Crippen LogP contribution in [0.1, 0.15) is 27.2 Å². The van der Waals surface area contributed by atoms with Crippen molar-refractivity contribution in [3.8, 4) is 0 Å². The molecule has 1 heterocycles. The summed E-state index contributed by atoms with van der Waals surface area (Å²) < 4.78 is 5.09. The SMILES string of the molecule is CC(=O)N[C@H]([C@@H]1O[C@](O)(C(=O)[O-])C[C@H](O)[C@@H]1NC(C)=O)[C@H](C)O. The zero-order chi connectivity index (χ0) is 17.9. The molecule has 0 radical (unpaired) electrons. The van der Waals surface area contributed by atoms with Gasteiger partial charge in [-0.05, 0) is 6.92 Å². The maximum atomic E-state index is 11.3. The second-order valence-corrected chi connectivity index (χ2v) is 5.62. The number of aliphatic carboxylic acids is 1. The zero-order valence-electron chi connectivity index (χ0n) is 13.0. The van der Waals surface area contributed by atoms with Crippen LogP contribution in [0.2, 0.25) is 0 Å². The van der Waals surface area contributed by atoms with Crippen molar-refractivity contribution in [2.24, 2.45) is 0 Å². The quantitative estimate of drug-likeness (QED) is 0.339. The summed E-state index contributed by atoms with van der Waals surface area (Å²) in [6.07, 6.45) is -4.88. The maximum Gasteiger partial charge on any atom is 0.217 e. The molecule has 10 heteroatoms. The molecule has 0 unspecified atom stereocenters. The number of aliphatic hydroxyl groups excluding tert-OH is 2. The summed E-state index contributed by atoms with van der Waals surface area (Å²) >= 11 is 0. The van der Waals surface area contributed by atoms with Crippen molar-refractivity contribution in [3.63, 3.8) is 0 Å². The lowest BCUT2D eigenvalue weighted by Crippen LogP contribution is -2.70. The Morgan fingerprint density at radius 2 is 1.87 bits per heavy atom. The first-order chi connectivity index (χ1) is 10.5. The molecule has 1 saturated heterocycles. The van der Waals surface area contributed by atoms with Crippen LogP contribution < -0.4 is 15.7 Å². The van der Waals surface area contributed by atoms with Crippen molar-refractivity contribution in [2.45, 2.75) is 63.4 Å². The molecule has 0 bridgehead atoms. The van der Waals surface area contributed by atoms with Gasteiger partial charge in [-0.3, -0.25) is 9.59 Å². The Morgan fingerprint density at radius 3 is 2.26 bits per heavy atom. The highest BCUT2D eigenvalue weighted by atomic mass is 16.7. The molecule has 1 aliphatic rings. The molecule has 0 aromatic carbocycles. The third kappa shape index (κ3) is 4.61. The normalized spacial score (nSPS) is 33.4. The van der Waals surface area contributed by atoms with Gasteiger partial charge in [0.25, 0.3) is 0 Å². The second kappa shape index (κ2) is 7.21. The van der Waals surface area contributed by atoms with Crippen molar-refractivity contribution in [1.29, 1.82) is 0 Å². The van der Waals surface area contributed by atoms with Crippen LogP contribution in [-0.2, 0) is 19.1 Å². The number of hydrogen-bond donors (Lipinski definition) is 5. The number of carbonyl (C=O) groups excluding carboxylic acids is 3. The van der Waals surface area contributed by atoms with Gasteiger partial charge in [-0.1, -0.05) is 0 Å². The number of ether oxygens (including phenoxy) is 1. The zero-order valence-corrected chi connectivity index (χ0v) is 13.0. The number of nitrogens with one attached hydrogen (secondary N) is 2. The monoisotopic (exact) mass is 333 g/mol. The molecule has 0 spiro atoms. The van der Waals surface area contributed by atoms with Crippen LogP contribution in [0.25, 0.3) is 0 Å². The fourth-order valence-corrected chi connectivity index (χ4v) is 2.53. The van der Waals surface area contributed by atoms with Crippen LogP contribution in [-0.4, -0.2) is 69.3 Å². The Bertz CT molecular complexity index is 465. The Hall–Kier alpha value is -1.75. The number of aliphatic hydroxyl groups is 3. The Labute approximate surface area is 132 Å². The Kier molecular flexibility index (Phi) is 6.05. The summed E-state index contributed by atoms with van der Waals surface area (Å²) in [5, 5.41) is 45.7. The molecule has 1 rings (SSSR count). The molecular formula is C13H21N2O8-. The molecule has 0 aromatic heterocycles. The van der Waals surface area contributed by atoms with Crippen LogP contribution in [0.5, 0.6) is 0 Å². The van der Waals surface area contributed by atoms with E-state index in [0.29, 0.717) is 0 Å². The Morgan fingerprint density at radius 1 is 1.30 bits per heavy atom. The molecule has 2 amide bonds. The van der Waals surface area contributed by atoms with Crippen LogP contribution >= 0.6 is 0 Å². The van der Waals surface area contributed by atoms with Gasteiger partial charge >= 0.3 is 0 Å². The van der Waals surface area contributed by atoms with Crippen LogP contribution in [0.4, 0.5) is 0 Å². The van der Waals surface area contributed by atoms with Gasteiger partial charge in [-0.2, -0.15) is 0 Å². The lowest BCUT2D eigenvalue weighted by molar-refractivity contribution is -0.370. The van der Waals surface area contributed by atoms with E-state index in [1.165, 1.54) is 13.8 Å². The maximum absolute atomic E-state index is 11.3.